The molecular weight excluding hydrogens is 192 g/mol. The molecule has 90 valence electrons. The van der Waals surface area contributed by atoms with Gasteiger partial charge in [-0.25, -0.2) is 0 Å². The van der Waals surface area contributed by atoms with Crippen LogP contribution in [0.4, 0.5) is 0 Å². The average Bonchev–Trinajstić information content (AvgIpc) is 2.13. The molecule has 3 nitrogen and oxygen atoms in total. The number of unbranched alkanes of at least 4 members (excludes halogenated alkanes) is 1. The molecule has 2 atom stereocenters. The Kier molecular flexibility index (Phi) is 5.88. The molecule has 0 radical (unpaired) electrons. The summed E-state index contributed by atoms with van der Waals surface area (Å²) in [5, 5.41) is 19.5. The van der Waals surface area contributed by atoms with Crippen LogP contribution in [0.5, 0.6) is 0 Å². The predicted molar refractivity (Wildman–Crippen MR) is 60.7 cm³/mol. The van der Waals surface area contributed by atoms with Crippen LogP contribution in [0.1, 0.15) is 53.4 Å². The van der Waals surface area contributed by atoms with Gasteiger partial charge in [-0.1, -0.05) is 40.5 Å². The summed E-state index contributed by atoms with van der Waals surface area (Å²) in [5.41, 5.74) is -1.05. The van der Waals surface area contributed by atoms with E-state index in [2.05, 4.69) is 0 Å². The summed E-state index contributed by atoms with van der Waals surface area (Å²) < 4.78 is 0. The van der Waals surface area contributed by atoms with Gasteiger partial charge in [-0.15, -0.1) is 0 Å². The molecule has 0 heterocycles. The third-order valence-corrected chi connectivity index (χ3v) is 3.09. The fourth-order valence-electron chi connectivity index (χ4n) is 2.17. The predicted octanol–water partition coefficient (Wildman–Crippen LogP) is 2.67. The first-order valence-electron chi connectivity index (χ1n) is 5.84. The minimum absolute atomic E-state index is 0.0377. The summed E-state index contributed by atoms with van der Waals surface area (Å²) in [6.45, 7) is 7.60. The number of aliphatic carboxylic acids is 1. The fourth-order valence-corrected chi connectivity index (χ4v) is 2.17. The highest BCUT2D eigenvalue weighted by atomic mass is 16.4. The maximum Gasteiger partial charge on any atom is 0.309 e. The van der Waals surface area contributed by atoms with Gasteiger partial charge in [0.25, 0.3) is 0 Å². The van der Waals surface area contributed by atoms with Gasteiger partial charge in [0.05, 0.1) is 11.5 Å². The molecule has 2 N–H and O–H groups in total. The SMILES string of the molecule is CCCCC(O)(CC)C(C(=O)O)C(C)C. The molecule has 0 aromatic carbocycles. The molecule has 0 bridgehead atoms. The van der Waals surface area contributed by atoms with Crippen molar-refractivity contribution < 1.29 is 15.0 Å². The highest BCUT2D eigenvalue weighted by Gasteiger charge is 2.41. The lowest BCUT2D eigenvalue weighted by atomic mass is 9.75. The normalized spacial score (nSPS) is 17.5. The number of carboxylic acids is 1. The van der Waals surface area contributed by atoms with Crippen molar-refractivity contribution in [2.45, 2.75) is 59.0 Å². The molecule has 0 aliphatic heterocycles. The van der Waals surface area contributed by atoms with Crippen LogP contribution in [0, 0.1) is 11.8 Å². The van der Waals surface area contributed by atoms with Gasteiger partial charge in [0.1, 0.15) is 0 Å². The lowest BCUT2D eigenvalue weighted by Crippen LogP contribution is -2.44. The Morgan fingerprint density at radius 1 is 1.33 bits per heavy atom. The number of carbonyl (C=O) groups is 1. The van der Waals surface area contributed by atoms with E-state index in [1.807, 2.05) is 27.7 Å². The molecule has 0 fully saturated rings. The van der Waals surface area contributed by atoms with Crippen molar-refractivity contribution in [2.24, 2.45) is 11.8 Å². The molecular formula is C12H24O3. The molecule has 0 saturated carbocycles. The van der Waals surface area contributed by atoms with E-state index in [0.29, 0.717) is 12.8 Å². The number of rotatable bonds is 7. The third-order valence-electron chi connectivity index (χ3n) is 3.09. The van der Waals surface area contributed by atoms with Gasteiger partial charge >= 0.3 is 5.97 Å². The van der Waals surface area contributed by atoms with Gasteiger partial charge in [0.2, 0.25) is 0 Å². The van der Waals surface area contributed by atoms with Crippen LogP contribution in [0.15, 0.2) is 0 Å². The smallest absolute Gasteiger partial charge is 0.309 e. The van der Waals surface area contributed by atoms with Crippen molar-refractivity contribution in [3.8, 4) is 0 Å². The average molecular weight is 216 g/mol. The van der Waals surface area contributed by atoms with Crippen LogP contribution in [0.3, 0.4) is 0 Å². The first-order chi connectivity index (χ1) is 6.89. The topological polar surface area (TPSA) is 57.5 Å². The second-order valence-corrected chi connectivity index (χ2v) is 4.62. The van der Waals surface area contributed by atoms with E-state index >= 15 is 0 Å². The van der Waals surface area contributed by atoms with Gasteiger partial charge in [-0.3, -0.25) is 4.79 Å². The highest BCUT2D eigenvalue weighted by molar-refractivity contribution is 5.71. The van der Waals surface area contributed by atoms with Gasteiger partial charge in [-0.05, 0) is 18.8 Å². The van der Waals surface area contributed by atoms with Crippen molar-refractivity contribution >= 4 is 5.97 Å². The monoisotopic (exact) mass is 216 g/mol. The number of hydrogen-bond acceptors (Lipinski definition) is 2. The van der Waals surface area contributed by atoms with Crippen LogP contribution in [0.2, 0.25) is 0 Å². The van der Waals surface area contributed by atoms with E-state index in [1.54, 1.807) is 0 Å². The first kappa shape index (κ1) is 14.4. The Labute approximate surface area is 92.5 Å². The molecule has 0 rings (SSSR count). The largest absolute Gasteiger partial charge is 0.481 e. The number of carboxylic acid groups (broad SMARTS) is 1. The summed E-state index contributed by atoms with van der Waals surface area (Å²) >= 11 is 0. The molecule has 3 heteroatoms. The summed E-state index contributed by atoms with van der Waals surface area (Å²) in [4.78, 5) is 11.1. The Morgan fingerprint density at radius 3 is 2.13 bits per heavy atom. The summed E-state index contributed by atoms with van der Waals surface area (Å²) in [6.07, 6.45) is 2.94. The van der Waals surface area contributed by atoms with Gasteiger partial charge in [0, 0.05) is 0 Å². The molecule has 15 heavy (non-hydrogen) atoms. The quantitative estimate of drug-likeness (QED) is 0.688. The van der Waals surface area contributed by atoms with Crippen LogP contribution < -0.4 is 0 Å². The van der Waals surface area contributed by atoms with Crippen molar-refractivity contribution in [2.75, 3.05) is 0 Å². The number of aliphatic hydroxyl groups is 1. The van der Waals surface area contributed by atoms with Gasteiger partial charge in [-0.2, -0.15) is 0 Å². The molecule has 0 spiro atoms. The molecule has 0 saturated heterocycles. The molecule has 0 aliphatic rings. The minimum Gasteiger partial charge on any atom is -0.481 e. The molecule has 0 aromatic heterocycles. The Bertz CT molecular complexity index is 201. The van der Waals surface area contributed by atoms with E-state index in [0.717, 1.165) is 12.8 Å². The maximum absolute atomic E-state index is 11.1. The Balaban J connectivity index is 4.77. The van der Waals surface area contributed by atoms with Crippen molar-refractivity contribution in [3.05, 3.63) is 0 Å². The van der Waals surface area contributed by atoms with Crippen molar-refractivity contribution in [1.82, 2.24) is 0 Å². The van der Waals surface area contributed by atoms with E-state index in [-0.39, 0.29) is 5.92 Å². The van der Waals surface area contributed by atoms with Crippen LogP contribution >= 0.6 is 0 Å². The van der Waals surface area contributed by atoms with E-state index in [9.17, 15) is 9.90 Å². The standard InChI is InChI=1S/C12H24O3/c1-5-7-8-12(15,6-2)10(9(3)4)11(13)14/h9-10,15H,5-8H2,1-4H3,(H,13,14). The van der Waals surface area contributed by atoms with Crippen LogP contribution in [0.25, 0.3) is 0 Å². The second-order valence-electron chi connectivity index (χ2n) is 4.62. The van der Waals surface area contributed by atoms with Crippen LogP contribution in [-0.4, -0.2) is 21.8 Å². The minimum atomic E-state index is -1.05. The van der Waals surface area contributed by atoms with Gasteiger partial charge in [0.15, 0.2) is 0 Å². The van der Waals surface area contributed by atoms with E-state index < -0.39 is 17.5 Å². The Morgan fingerprint density at radius 2 is 1.87 bits per heavy atom. The maximum atomic E-state index is 11.1. The van der Waals surface area contributed by atoms with Crippen molar-refractivity contribution in [3.63, 3.8) is 0 Å². The third kappa shape index (κ3) is 3.82. The lowest BCUT2D eigenvalue weighted by Gasteiger charge is -2.35. The zero-order chi connectivity index (χ0) is 12.1. The van der Waals surface area contributed by atoms with Crippen LogP contribution in [-0.2, 0) is 4.79 Å². The second kappa shape index (κ2) is 6.11. The highest BCUT2D eigenvalue weighted by Crippen LogP contribution is 2.32. The summed E-state index contributed by atoms with van der Waals surface area (Å²) in [6, 6.07) is 0. The number of hydrogen-bond donors (Lipinski definition) is 2. The first-order valence-corrected chi connectivity index (χ1v) is 5.84. The van der Waals surface area contributed by atoms with E-state index in [4.69, 9.17) is 5.11 Å². The lowest BCUT2D eigenvalue weighted by molar-refractivity contribution is -0.157. The molecule has 0 amide bonds. The fraction of sp³-hybridized carbons (Fsp3) is 0.917. The van der Waals surface area contributed by atoms with Crippen molar-refractivity contribution in [1.29, 1.82) is 0 Å². The van der Waals surface area contributed by atoms with E-state index in [1.165, 1.54) is 0 Å². The molecule has 0 aliphatic carbocycles. The zero-order valence-corrected chi connectivity index (χ0v) is 10.3. The van der Waals surface area contributed by atoms with Gasteiger partial charge < -0.3 is 10.2 Å². The summed E-state index contributed by atoms with van der Waals surface area (Å²) in [7, 11) is 0. The molecule has 2 unspecified atom stereocenters. The summed E-state index contributed by atoms with van der Waals surface area (Å²) in [5.74, 6) is -1.58. The zero-order valence-electron chi connectivity index (χ0n) is 10.3. The Hall–Kier alpha value is -0.570. The molecule has 0 aromatic rings.